The molecular weight excluding hydrogens is 240 g/mol. The van der Waals surface area contributed by atoms with E-state index in [0.29, 0.717) is 6.54 Å². The third-order valence-electron chi connectivity index (χ3n) is 3.18. The zero-order valence-corrected chi connectivity index (χ0v) is 11.8. The Kier molecular flexibility index (Phi) is 4.39. The fourth-order valence-corrected chi connectivity index (χ4v) is 2.69. The summed E-state index contributed by atoms with van der Waals surface area (Å²) in [5.41, 5.74) is 9.66. The quantitative estimate of drug-likeness (QED) is 0.893. The van der Waals surface area contributed by atoms with Crippen molar-refractivity contribution in [1.29, 1.82) is 0 Å². The summed E-state index contributed by atoms with van der Waals surface area (Å²) in [6.07, 6.45) is 0. The molecule has 2 aromatic rings. The number of benzene rings is 1. The van der Waals surface area contributed by atoms with E-state index in [4.69, 9.17) is 5.73 Å². The number of thiophene rings is 1. The van der Waals surface area contributed by atoms with Crippen molar-refractivity contribution in [2.24, 2.45) is 5.73 Å². The van der Waals surface area contributed by atoms with Crippen LogP contribution in [0.3, 0.4) is 0 Å². The molecule has 0 saturated heterocycles. The third-order valence-corrected chi connectivity index (χ3v) is 4.04. The lowest BCUT2D eigenvalue weighted by atomic mass is 10.1. The maximum Gasteiger partial charge on any atom is 0.0523 e. The Balaban J connectivity index is 2.20. The minimum atomic E-state index is 0.679. The van der Waals surface area contributed by atoms with Gasteiger partial charge in [0.05, 0.1) is 6.54 Å². The van der Waals surface area contributed by atoms with Gasteiger partial charge < -0.3 is 10.6 Å². The van der Waals surface area contributed by atoms with E-state index in [0.717, 1.165) is 13.1 Å². The minimum absolute atomic E-state index is 0.679. The SMILES string of the molecule is Cc1ccc(N(CCN)Cc2cccs2)cc1C. The first kappa shape index (κ1) is 13.1. The predicted molar refractivity (Wildman–Crippen MR) is 80.3 cm³/mol. The molecule has 0 radical (unpaired) electrons. The van der Waals surface area contributed by atoms with Crippen LogP contribution < -0.4 is 10.6 Å². The van der Waals surface area contributed by atoms with Crippen LogP contribution in [0.5, 0.6) is 0 Å². The van der Waals surface area contributed by atoms with Gasteiger partial charge in [0.15, 0.2) is 0 Å². The molecule has 1 aromatic carbocycles. The van der Waals surface area contributed by atoms with Gasteiger partial charge in [-0.3, -0.25) is 0 Å². The van der Waals surface area contributed by atoms with Gasteiger partial charge in [0.2, 0.25) is 0 Å². The van der Waals surface area contributed by atoms with Gasteiger partial charge in [-0.25, -0.2) is 0 Å². The van der Waals surface area contributed by atoms with Crippen LogP contribution in [0.4, 0.5) is 5.69 Å². The number of hydrogen-bond donors (Lipinski definition) is 1. The summed E-state index contributed by atoms with van der Waals surface area (Å²) in [5.74, 6) is 0. The summed E-state index contributed by atoms with van der Waals surface area (Å²) in [7, 11) is 0. The highest BCUT2D eigenvalue weighted by Gasteiger charge is 2.08. The molecule has 0 aliphatic carbocycles. The number of hydrogen-bond acceptors (Lipinski definition) is 3. The van der Waals surface area contributed by atoms with Crippen molar-refractivity contribution in [3.8, 4) is 0 Å². The van der Waals surface area contributed by atoms with Gasteiger partial charge in [0.1, 0.15) is 0 Å². The largest absolute Gasteiger partial charge is 0.365 e. The van der Waals surface area contributed by atoms with Crippen molar-refractivity contribution in [3.63, 3.8) is 0 Å². The molecule has 18 heavy (non-hydrogen) atoms. The minimum Gasteiger partial charge on any atom is -0.365 e. The van der Waals surface area contributed by atoms with Gasteiger partial charge in [0, 0.05) is 23.7 Å². The molecule has 0 fully saturated rings. The Hall–Kier alpha value is -1.32. The molecule has 1 heterocycles. The molecule has 96 valence electrons. The van der Waals surface area contributed by atoms with E-state index in [9.17, 15) is 0 Å². The highest BCUT2D eigenvalue weighted by molar-refractivity contribution is 7.09. The molecular formula is C15H20N2S. The Morgan fingerprint density at radius 3 is 2.61 bits per heavy atom. The average molecular weight is 260 g/mol. The first-order valence-corrected chi connectivity index (χ1v) is 7.13. The number of nitrogens with zero attached hydrogens (tertiary/aromatic N) is 1. The fourth-order valence-electron chi connectivity index (χ4n) is 1.97. The Morgan fingerprint density at radius 1 is 1.17 bits per heavy atom. The van der Waals surface area contributed by atoms with Crippen molar-refractivity contribution >= 4 is 17.0 Å². The van der Waals surface area contributed by atoms with Crippen LogP contribution >= 0.6 is 11.3 Å². The zero-order chi connectivity index (χ0) is 13.0. The van der Waals surface area contributed by atoms with E-state index in [2.05, 4.69) is 54.5 Å². The van der Waals surface area contributed by atoms with Crippen LogP contribution in [0.1, 0.15) is 16.0 Å². The summed E-state index contributed by atoms with van der Waals surface area (Å²) < 4.78 is 0. The van der Waals surface area contributed by atoms with Crippen molar-refractivity contribution < 1.29 is 0 Å². The molecule has 0 aliphatic rings. The second-order valence-electron chi connectivity index (χ2n) is 4.56. The monoisotopic (exact) mass is 260 g/mol. The lowest BCUT2D eigenvalue weighted by Crippen LogP contribution is -2.28. The number of aryl methyl sites for hydroxylation is 2. The van der Waals surface area contributed by atoms with Crippen LogP contribution in [0.15, 0.2) is 35.7 Å². The summed E-state index contributed by atoms with van der Waals surface area (Å²) in [6, 6.07) is 10.9. The van der Waals surface area contributed by atoms with E-state index >= 15 is 0 Å². The van der Waals surface area contributed by atoms with E-state index in [-0.39, 0.29) is 0 Å². The third kappa shape index (κ3) is 3.12. The van der Waals surface area contributed by atoms with Crippen LogP contribution in [0, 0.1) is 13.8 Å². The van der Waals surface area contributed by atoms with Crippen molar-refractivity contribution in [1.82, 2.24) is 0 Å². The van der Waals surface area contributed by atoms with E-state index in [1.165, 1.54) is 21.7 Å². The number of anilines is 1. The first-order valence-electron chi connectivity index (χ1n) is 6.25. The molecule has 0 saturated carbocycles. The van der Waals surface area contributed by atoms with Gasteiger partial charge in [-0.05, 0) is 48.6 Å². The molecule has 0 unspecified atom stereocenters. The first-order chi connectivity index (χ1) is 8.70. The van der Waals surface area contributed by atoms with Crippen molar-refractivity contribution in [2.75, 3.05) is 18.0 Å². The zero-order valence-electron chi connectivity index (χ0n) is 11.0. The molecule has 2 N–H and O–H groups in total. The van der Waals surface area contributed by atoms with Gasteiger partial charge in [0.25, 0.3) is 0 Å². The molecule has 0 atom stereocenters. The molecule has 3 heteroatoms. The smallest absolute Gasteiger partial charge is 0.0523 e. The molecule has 0 bridgehead atoms. The second kappa shape index (κ2) is 6.03. The van der Waals surface area contributed by atoms with E-state index in [1.807, 2.05) is 0 Å². The Bertz CT molecular complexity index is 491. The molecule has 0 amide bonds. The van der Waals surface area contributed by atoms with Gasteiger partial charge in [-0.15, -0.1) is 11.3 Å². The molecule has 2 nitrogen and oxygen atoms in total. The van der Waals surface area contributed by atoms with Crippen LogP contribution in [0.2, 0.25) is 0 Å². The normalized spacial score (nSPS) is 10.6. The maximum absolute atomic E-state index is 5.73. The Labute approximate surface area is 113 Å². The van der Waals surface area contributed by atoms with E-state index < -0.39 is 0 Å². The highest BCUT2D eigenvalue weighted by Crippen LogP contribution is 2.22. The maximum atomic E-state index is 5.73. The summed E-state index contributed by atoms with van der Waals surface area (Å²) in [6.45, 7) is 6.81. The standard InChI is InChI=1S/C15H20N2S/c1-12-5-6-14(10-13(12)2)17(8-7-16)11-15-4-3-9-18-15/h3-6,9-10H,7-8,11,16H2,1-2H3. The number of rotatable bonds is 5. The average Bonchev–Trinajstić information content (AvgIpc) is 2.85. The van der Waals surface area contributed by atoms with Gasteiger partial charge in [-0.2, -0.15) is 0 Å². The Morgan fingerprint density at radius 2 is 2.00 bits per heavy atom. The lowest BCUT2D eigenvalue weighted by Gasteiger charge is -2.24. The summed E-state index contributed by atoms with van der Waals surface area (Å²) >= 11 is 1.80. The van der Waals surface area contributed by atoms with Crippen molar-refractivity contribution in [2.45, 2.75) is 20.4 Å². The summed E-state index contributed by atoms with van der Waals surface area (Å²) in [4.78, 5) is 3.72. The number of nitrogens with two attached hydrogens (primary N) is 1. The summed E-state index contributed by atoms with van der Waals surface area (Å²) in [5, 5.41) is 2.12. The van der Waals surface area contributed by atoms with Gasteiger partial charge >= 0.3 is 0 Å². The second-order valence-corrected chi connectivity index (χ2v) is 5.59. The fraction of sp³-hybridized carbons (Fsp3) is 0.333. The van der Waals surface area contributed by atoms with Gasteiger partial charge in [-0.1, -0.05) is 12.1 Å². The molecule has 2 rings (SSSR count). The predicted octanol–water partition coefficient (Wildman–Crippen LogP) is 3.33. The van der Waals surface area contributed by atoms with Crippen LogP contribution in [0.25, 0.3) is 0 Å². The topological polar surface area (TPSA) is 29.3 Å². The van der Waals surface area contributed by atoms with Crippen LogP contribution in [-0.4, -0.2) is 13.1 Å². The molecule has 1 aromatic heterocycles. The van der Waals surface area contributed by atoms with Crippen LogP contribution in [-0.2, 0) is 6.54 Å². The highest BCUT2D eigenvalue weighted by atomic mass is 32.1. The molecule has 0 spiro atoms. The van der Waals surface area contributed by atoms with E-state index in [1.54, 1.807) is 11.3 Å². The lowest BCUT2D eigenvalue weighted by molar-refractivity contribution is 0.797. The molecule has 0 aliphatic heterocycles. The van der Waals surface area contributed by atoms with Crippen molar-refractivity contribution in [3.05, 3.63) is 51.7 Å².